The molecule has 2 fully saturated rings. The third-order valence-corrected chi connectivity index (χ3v) is 5.05. The van der Waals surface area contributed by atoms with Crippen molar-refractivity contribution in [3.8, 4) is 0 Å². The van der Waals surface area contributed by atoms with E-state index in [1.54, 1.807) is 0 Å². The van der Waals surface area contributed by atoms with Gasteiger partial charge in [0.25, 0.3) is 0 Å². The van der Waals surface area contributed by atoms with E-state index in [9.17, 15) is 0 Å². The van der Waals surface area contributed by atoms with Gasteiger partial charge in [-0.15, -0.1) is 0 Å². The highest BCUT2D eigenvalue weighted by Gasteiger charge is 2.30. The SMILES string of the molecule is CC1CCC(C(N)CC2CCCCO2)CC1C. The first-order chi connectivity index (χ1) is 8.16. The zero-order valence-electron chi connectivity index (χ0n) is 11.5. The second-order valence-electron chi connectivity index (χ2n) is 6.42. The Morgan fingerprint density at radius 2 is 1.94 bits per heavy atom. The molecule has 2 rings (SSSR count). The molecule has 100 valence electrons. The maximum atomic E-state index is 6.41. The van der Waals surface area contributed by atoms with Gasteiger partial charge < -0.3 is 10.5 Å². The molecule has 2 nitrogen and oxygen atoms in total. The molecule has 2 aliphatic rings. The zero-order chi connectivity index (χ0) is 12.3. The van der Waals surface area contributed by atoms with Crippen molar-refractivity contribution >= 4 is 0 Å². The molecule has 0 spiro atoms. The van der Waals surface area contributed by atoms with Gasteiger partial charge in [-0.3, -0.25) is 0 Å². The topological polar surface area (TPSA) is 35.2 Å². The Labute approximate surface area is 106 Å². The summed E-state index contributed by atoms with van der Waals surface area (Å²) >= 11 is 0. The molecule has 0 bridgehead atoms. The predicted molar refractivity (Wildman–Crippen MR) is 71.9 cm³/mol. The van der Waals surface area contributed by atoms with Gasteiger partial charge in [-0.1, -0.05) is 20.3 Å². The summed E-state index contributed by atoms with van der Waals surface area (Å²) in [5.74, 6) is 2.49. The summed E-state index contributed by atoms with van der Waals surface area (Å²) in [5.41, 5.74) is 6.41. The molecular weight excluding hydrogens is 210 g/mol. The van der Waals surface area contributed by atoms with Gasteiger partial charge in [-0.05, 0) is 56.3 Å². The summed E-state index contributed by atoms with van der Waals surface area (Å²) in [4.78, 5) is 0. The first-order valence-electron chi connectivity index (χ1n) is 7.54. The number of hydrogen-bond acceptors (Lipinski definition) is 2. The summed E-state index contributed by atoms with van der Waals surface area (Å²) in [7, 11) is 0. The second-order valence-corrected chi connectivity index (χ2v) is 6.42. The average Bonchev–Trinajstić information content (AvgIpc) is 2.34. The van der Waals surface area contributed by atoms with Crippen LogP contribution in [0.25, 0.3) is 0 Å². The standard InChI is InChI=1S/C15H29NO/c1-11-6-7-13(9-12(11)2)15(16)10-14-5-3-4-8-17-14/h11-15H,3-10,16H2,1-2H3. The van der Waals surface area contributed by atoms with Gasteiger partial charge in [0, 0.05) is 12.6 Å². The van der Waals surface area contributed by atoms with Crippen LogP contribution in [0.3, 0.4) is 0 Å². The summed E-state index contributed by atoms with van der Waals surface area (Å²) in [6, 6.07) is 0.369. The van der Waals surface area contributed by atoms with E-state index in [0.717, 1.165) is 30.8 Å². The van der Waals surface area contributed by atoms with Crippen LogP contribution in [-0.4, -0.2) is 18.8 Å². The Hall–Kier alpha value is -0.0800. The molecule has 1 aliphatic heterocycles. The molecule has 0 aromatic carbocycles. The first kappa shape index (κ1) is 13.4. The lowest BCUT2D eigenvalue weighted by Gasteiger charge is -2.36. The van der Waals surface area contributed by atoms with E-state index in [1.165, 1.54) is 38.5 Å². The van der Waals surface area contributed by atoms with Crippen molar-refractivity contribution in [2.24, 2.45) is 23.5 Å². The van der Waals surface area contributed by atoms with E-state index >= 15 is 0 Å². The third kappa shape index (κ3) is 3.69. The number of hydrogen-bond donors (Lipinski definition) is 1. The van der Waals surface area contributed by atoms with E-state index in [4.69, 9.17) is 10.5 Å². The Balaban J connectivity index is 1.77. The van der Waals surface area contributed by atoms with Crippen LogP contribution in [0.2, 0.25) is 0 Å². The summed E-state index contributed by atoms with van der Waals surface area (Å²) < 4.78 is 5.81. The van der Waals surface area contributed by atoms with Crippen LogP contribution in [0.5, 0.6) is 0 Å². The van der Waals surface area contributed by atoms with Gasteiger partial charge >= 0.3 is 0 Å². The van der Waals surface area contributed by atoms with E-state index in [-0.39, 0.29) is 0 Å². The zero-order valence-corrected chi connectivity index (χ0v) is 11.5. The lowest BCUT2D eigenvalue weighted by Crippen LogP contribution is -2.39. The molecule has 17 heavy (non-hydrogen) atoms. The minimum absolute atomic E-state index is 0.369. The normalized spacial score (nSPS) is 41.1. The van der Waals surface area contributed by atoms with Crippen LogP contribution in [0.1, 0.15) is 58.8 Å². The van der Waals surface area contributed by atoms with Crippen LogP contribution >= 0.6 is 0 Å². The van der Waals surface area contributed by atoms with Crippen molar-refractivity contribution in [3.05, 3.63) is 0 Å². The molecule has 0 aromatic heterocycles. The molecule has 5 atom stereocenters. The maximum Gasteiger partial charge on any atom is 0.0590 e. The fraction of sp³-hybridized carbons (Fsp3) is 1.00. The smallest absolute Gasteiger partial charge is 0.0590 e. The molecule has 1 heterocycles. The van der Waals surface area contributed by atoms with Crippen molar-refractivity contribution in [2.75, 3.05) is 6.61 Å². The third-order valence-electron chi connectivity index (χ3n) is 5.05. The van der Waals surface area contributed by atoms with Crippen LogP contribution in [-0.2, 0) is 4.74 Å². The van der Waals surface area contributed by atoms with Gasteiger partial charge in [0.15, 0.2) is 0 Å². The van der Waals surface area contributed by atoms with Gasteiger partial charge in [-0.25, -0.2) is 0 Å². The number of nitrogens with two attached hydrogens (primary N) is 1. The summed E-state index contributed by atoms with van der Waals surface area (Å²) in [5, 5.41) is 0. The van der Waals surface area contributed by atoms with Crippen LogP contribution in [0.4, 0.5) is 0 Å². The maximum absolute atomic E-state index is 6.41. The predicted octanol–water partition coefficient (Wildman–Crippen LogP) is 3.35. The number of rotatable bonds is 3. The Kier molecular flexibility index (Phi) is 4.87. The number of ether oxygens (including phenoxy) is 1. The van der Waals surface area contributed by atoms with E-state index in [0.29, 0.717) is 12.1 Å². The lowest BCUT2D eigenvalue weighted by molar-refractivity contribution is 0.00116. The molecule has 2 heteroatoms. The second kappa shape index (κ2) is 6.19. The van der Waals surface area contributed by atoms with E-state index in [1.807, 2.05) is 0 Å². The van der Waals surface area contributed by atoms with Crippen molar-refractivity contribution < 1.29 is 4.74 Å². The van der Waals surface area contributed by atoms with E-state index in [2.05, 4.69) is 13.8 Å². The quantitative estimate of drug-likeness (QED) is 0.819. The molecule has 2 N–H and O–H groups in total. The molecule has 0 aromatic rings. The highest BCUT2D eigenvalue weighted by atomic mass is 16.5. The fourth-order valence-electron chi connectivity index (χ4n) is 3.47. The Morgan fingerprint density at radius 1 is 1.12 bits per heavy atom. The molecule has 1 aliphatic carbocycles. The Bertz CT molecular complexity index is 225. The van der Waals surface area contributed by atoms with Gasteiger partial charge in [0.1, 0.15) is 0 Å². The molecule has 0 radical (unpaired) electrons. The van der Waals surface area contributed by atoms with Crippen LogP contribution in [0, 0.1) is 17.8 Å². The van der Waals surface area contributed by atoms with Gasteiger partial charge in [0.05, 0.1) is 6.10 Å². The van der Waals surface area contributed by atoms with Gasteiger partial charge in [0.2, 0.25) is 0 Å². The van der Waals surface area contributed by atoms with Crippen molar-refractivity contribution in [3.63, 3.8) is 0 Å². The minimum Gasteiger partial charge on any atom is -0.378 e. The minimum atomic E-state index is 0.369. The van der Waals surface area contributed by atoms with Crippen molar-refractivity contribution in [1.82, 2.24) is 0 Å². The summed E-state index contributed by atoms with van der Waals surface area (Å²) in [6.45, 7) is 5.73. The summed E-state index contributed by atoms with van der Waals surface area (Å²) in [6.07, 6.45) is 9.37. The molecule has 1 saturated heterocycles. The molecule has 1 saturated carbocycles. The highest BCUT2D eigenvalue weighted by Crippen LogP contribution is 2.35. The lowest BCUT2D eigenvalue weighted by atomic mass is 9.72. The monoisotopic (exact) mass is 239 g/mol. The van der Waals surface area contributed by atoms with Crippen LogP contribution < -0.4 is 5.73 Å². The molecular formula is C15H29NO. The largest absolute Gasteiger partial charge is 0.378 e. The highest BCUT2D eigenvalue weighted by molar-refractivity contribution is 4.84. The Morgan fingerprint density at radius 3 is 2.59 bits per heavy atom. The first-order valence-corrected chi connectivity index (χ1v) is 7.54. The van der Waals surface area contributed by atoms with Gasteiger partial charge in [-0.2, -0.15) is 0 Å². The molecule has 0 amide bonds. The molecule has 5 unspecified atom stereocenters. The fourth-order valence-corrected chi connectivity index (χ4v) is 3.47. The van der Waals surface area contributed by atoms with Crippen LogP contribution in [0.15, 0.2) is 0 Å². The average molecular weight is 239 g/mol. The van der Waals surface area contributed by atoms with Crippen molar-refractivity contribution in [2.45, 2.75) is 70.9 Å². The van der Waals surface area contributed by atoms with Crippen molar-refractivity contribution in [1.29, 1.82) is 0 Å². The van der Waals surface area contributed by atoms with E-state index < -0.39 is 0 Å².